The van der Waals surface area contributed by atoms with E-state index >= 15 is 0 Å². The maximum atomic E-state index is 11.5. The van der Waals surface area contributed by atoms with Gasteiger partial charge < -0.3 is 5.11 Å². The fourth-order valence-electron chi connectivity index (χ4n) is 5.42. The Bertz CT molecular complexity index is 492. The third-order valence-electron chi connectivity index (χ3n) is 5.78. The lowest BCUT2D eigenvalue weighted by Crippen LogP contribution is -2.44. The van der Waals surface area contributed by atoms with Crippen molar-refractivity contribution in [3.63, 3.8) is 0 Å². The van der Waals surface area contributed by atoms with E-state index in [0.717, 1.165) is 29.2 Å². The molecule has 19 heavy (non-hydrogen) atoms. The SMILES string of the molecule is O=C(O)c1ccccc1C1C2CC3CC(C2)CC1C3. The molecule has 4 aliphatic rings. The van der Waals surface area contributed by atoms with Crippen molar-refractivity contribution >= 4 is 5.97 Å². The molecule has 1 aromatic rings. The third kappa shape index (κ3) is 1.73. The van der Waals surface area contributed by atoms with Crippen molar-refractivity contribution in [2.45, 2.75) is 38.0 Å². The molecule has 0 radical (unpaired) electrons. The van der Waals surface area contributed by atoms with Crippen LogP contribution in [0.2, 0.25) is 0 Å². The molecule has 100 valence electrons. The van der Waals surface area contributed by atoms with Crippen molar-refractivity contribution in [3.05, 3.63) is 35.4 Å². The first-order valence-corrected chi connectivity index (χ1v) is 7.54. The van der Waals surface area contributed by atoms with E-state index in [1.165, 1.54) is 32.1 Å². The van der Waals surface area contributed by atoms with Crippen molar-refractivity contribution < 1.29 is 9.90 Å². The second-order valence-corrected chi connectivity index (χ2v) is 6.85. The highest BCUT2D eigenvalue weighted by Gasteiger charge is 2.49. The molecule has 4 aliphatic carbocycles. The van der Waals surface area contributed by atoms with E-state index in [4.69, 9.17) is 0 Å². The van der Waals surface area contributed by atoms with Gasteiger partial charge in [-0.2, -0.15) is 0 Å². The first-order chi connectivity index (χ1) is 9.22. The average Bonchev–Trinajstić information content (AvgIpc) is 2.37. The Morgan fingerprint density at radius 2 is 1.53 bits per heavy atom. The van der Waals surface area contributed by atoms with Crippen LogP contribution in [0, 0.1) is 23.7 Å². The number of carbonyl (C=O) groups is 1. The molecule has 2 heteroatoms. The molecule has 1 aromatic carbocycles. The van der Waals surface area contributed by atoms with Gasteiger partial charge in [-0.25, -0.2) is 4.79 Å². The summed E-state index contributed by atoms with van der Waals surface area (Å²) in [5, 5.41) is 9.42. The Kier molecular flexibility index (Phi) is 2.48. The van der Waals surface area contributed by atoms with Crippen LogP contribution in [-0.2, 0) is 0 Å². The summed E-state index contributed by atoms with van der Waals surface area (Å²) in [7, 11) is 0. The molecule has 0 spiro atoms. The van der Waals surface area contributed by atoms with Gasteiger partial charge in [0, 0.05) is 0 Å². The van der Waals surface area contributed by atoms with Gasteiger partial charge in [0.2, 0.25) is 0 Å². The minimum Gasteiger partial charge on any atom is -0.478 e. The molecule has 1 N–H and O–H groups in total. The van der Waals surface area contributed by atoms with Crippen molar-refractivity contribution in [2.75, 3.05) is 0 Å². The summed E-state index contributed by atoms with van der Waals surface area (Å²) in [6, 6.07) is 7.70. The van der Waals surface area contributed by atoms with Crippen LogP contribution in [0.3, 0.4) is 0 Å². The summed E-state index contributed by atoms with van der Waals surface area (Å²) in [4.78, 5) is 11.5. The third-order valence-corrected chi connectivity index (χ3v) is 5.78. The summed E-state index contributed by atoms with van der Waals surface area (Å²) >= 11 is 0. The van der Waals surface area contributed by atoms with Gasteiger partial charge in [0.15, 0.2) is 0 Å². The van der Waals surface area contributed by atoms with Gasteiger partial charge >= 0.3 is 5.97 Å². The molecule has 4 bridgehead atoms. The highest BCUT2D eigenvalue weighted by molar-refractivity contribution is 5.89. The monoisotopic (exact) mass is 256 g/mol. The molecular formula is C17H20O2. The van der Waals surface area contributed by atoms with Crippen LogP contribution in [0.5, 0.6) is 0 Å². The second kappa shape index (κ2) is 4.09. The van der Waals surface area contributed by atoms with Crippen LogP contribution >= 0.6 is 0 Å². The highest BCUT2D eigenvalue weighted by Crippen LogP contribution is 2.60. The number of hydrogen-bond acceptors (Lipinski definition) is 1. The quantitative estimate of drug-likeness (QED) is 0.870. The summed E-state index contributed by atoms with van der Waals surface area (Å²) in [5.74, 6) is 3.13. The fourth-order valence-corrected chi connectivity index (χ4v) is 5.42. The smallest absolute Gasteiger partial charge is 0.335 e. The molecule has 0 amide bonds. The maximum absolute atomic E-state index is 11.5. The topological polar surface area (TPSA) is 37.3 Å². The predicted molar refractivity (Wildman–Crippen MR) is 73.2 cm³/mol. The number of hydrogen-bond donors (Lipinski definition) is 1. The van der Waals surface area contributed by atoms with E-state index in [1.54, 1.807) is 6.07 Å². The van der Waals surface area contributed by atoms with Crippen molar-refractivity contribution in [3.8, 4) is 0 Å². The molecule has 5 rings (SSSR count). The van der Waals surface area contributed by atoms with E-state index in [1.807, 2.05) is 12.1 Å². The van der Waals surface area contributed by atoms with Crippen LogP contribution in [0.4, 0.5) is 0 Å². The van der Waals surface area contributed by atoms with E-state index in [2.05, 4.69) is 6.07 Å². The van der Waals surface area contributed by atoms with Crippen LogP contribution in [0.25, 0.3) is 0 Å². The standard InChI is InChI=1S/C17H20O2/c18-17(19)15-4-2-1-3-14(15)16-12-6-10-5-11(8-12)9-13(16)7-10/h1-4,10-13,16H,5-9H2,(H,18,19). The lowest BCUT2D eigenvalue weighted by Gasteiger charge is -2.54. The van der Waals surface area contributed by atoms with Gasteiger partial charge in [0.05, 0.1) is 5.56 Å². The van der Waals surface area contributed by atoms with Gasteiger partial charge in [-0.05, 0) is 73.3 Å². The van der Waals surface area contributed by atoms with Gasteiger partial charge in [-0.15, -0.1) is 0 Å². The highest BCUT2D eigenvalue weighted by atomic mass is 16.4. The molecule has 4 saturated carbocycles. The van der Waals surface area contributed by atoms with Gasteiger partial charge in [-0.1, -0.05) is 18.2 Å². The van der Waals surface area contributed by atoms with E-state index < -0.39 is 5.97 Å². The Labute approximate surface area is 113 Å². The largest absolute Gasteiger partial charge is 0.478 e. The number of rotatable bonds is 2. The summed E-state index contributed by atoms with van der Waals surface area (Å²) < 4.78 is 0. The number of carboxylic acid groups (broad SMARTS) is 1. The van der Waals surface area contributed by atoms with Gasteiger partial charge in [0.1, 0.15) is 0 Å². The number of benzene rings is 1. The Balaban J connectivity index is 1.75. The normalized spacial score (nSPS) is 39.5. The minimum absolute atomic E-state index is 0.514. The lowest BCUT2D eigenvalue weighted by atomic mass is 9.50. The summed E-state index contributed by atoms with van der Waals surface area (Å²) in [6.07, 6.45) is 6.80. The van der Waals surface area contributed by atoms with E-state index in [9.17, 15) is 9.90 Å². The Morgan fingerprint density at radius 1 is 0.947 bits per heavy atom. The van der Waals surface area contributed by atoms with E-state index in [-0.39, 0.29) is 0 Å². The van der Waals surface area contributed by atoms with Crippen LogP contribution in [0.1, 0.15) is 53.9 Å². The zero-order chi connectivity index (χ0) is 13.0. The van der Waals surface area contributed by atoms with Crippen molar-refractivity contribution in [1.29, 1.82) is 0 Å². The molecule has 0 unspecified atom stereocenters. The lowest BCUT2D eigenvalue weighted by molar-refractivity contribution is -0.00315. The van der Waals surface area contributed by atoms with Gasteiger partial charge in [-0.3, -0.25) is 0 Å². The average molecular weight is 256 g/mol. The first kappa shape index (κ1) is 11.5. The molecule has 0 aliphatic heterocycles. The fraction of sp³-hybridized carbons (Fsp3) is 0.588. The molecular weight excluding hydrogens is 236 g/mol. The molecule has 0 saturated heterocycles. The van der Waals surface area contributed by atoms with Crippen LogP contribution in [0.15, 0.2) is 24.3 Å². The summed E-state index contributed by atoms with van der Waals surface area (Å²) in [6.45, 7) is 0. The molecule has 2 nitrogen and oxygen atoms in total. The molecule has 0 aromatic heterocycles. The summed E-state index contributed by atoms with van der Waals surface area (Å²) in [5.41, 5.74) is 1.66. The minimum atomic E-state index is -0.760. The zero-order valence-corrected chi connectivity index (χ0v) is 11.1. The molecule has 0 heterocycles. The second-order valence-electron chi connectivity index (χ2n) is 6.85. The van der Waals surface area contributed by atoms with Crippen molar-refractivity contribution in [2.24, 2.45) is 23.7 Å². The van der Waals surface area contributed by atoms with Crippen LogP contribution < -0.4 is 0 Å². The predicted octanol–water partition coefficient (Wildman–Crippen LogP) is 3.92. The Hall–Kier alpha value is -1.31. The molecule has 4 fully saturated rings. The van der Waals surface area contributed by atoms with E-state index in [0.29, 0.717) is 11.5 Å². The zero-order valence-electron chi connectivity index (χ0n) is 11.1. The number of carboxylic acids is 1. The Morgan fingerprint density at radius 3 is 2.11 bits per heavy atom. The first-order valence-electron chi connectivity index (χ1n) is 7.54. The molecule has 0 atom stereocenters. The van der Waals surface area contributed by atoms with Crippen LogP contribution in [-0.4, -0.2) is 11.1 Å². The van der Waals surface area contributed by atoms with Gasteiger partial charge in [0.25, 0.3) is 0 Å². The number of aromatic carboxylic acids is 1. The van der Waals surface area contributed by atoms with Crippen molar-refractivity contribution in [1.82, 2.24) is 0 Å². The maximum Gasteiger partial charge on any atom is 0.335 e.